The maximum Gasteiger partial charge on any atom is 0.0695 e. The van der Waals surface area contributed by atoms with Crippen molar-refractivity contribution in [1.29, 1.82) is 0 Å². The Morgan fingerprint density at radius 2 is 2.06 bits per heavy atom. The van der Waals surface area contributed by atoms with E-state index in [1.54, 1.807) is 0 Å². The molecule has 0 fully saturated rings. The molecule has 3 N–H and O–H groups in total. The molecule has 1 aromatic heterocycles. The quantitative estimate of drug-likeness (QED) is 0.870. The van der Waals surface area contributed by atoms with Gasteiger partial charge in [0.1, 0.15) is 0 Å². The van der Waals surface area contributed by atoms with Gasteiger partial charge in [0.15, 0.2) is 0 Å². The molecule has 0 spiro atoms. The summed E-state index contributed by atoms with van der Waals surface area (Å²) in [5.74, 6) is 0. The third kappa shape index (κ3) is 3.10. The zero-order valence-corrected chi connectivity index (χ0v) is 11.1. The van der Waals surface area contributed by atoms with Gasteiger partial charge in [0, 0.05) is 30.2 Å². The van der Waals surface area contributed by atoms with Crippen LogP contribution in [-0.4, -0.2) is 35.2 Å². The molecule has 0 aliphatic heterocycles. The van der Waals surface area contributed by atoms with Gasteiger partial charge in [-0.05, 0) is 24.7 Å². The van der Waals surface area contributed by atoms with E-state index < -0.39 is 0 Å². The van der Waals surface area contributed by atoms with Crippen LogP contribution in [0.1, 0.15) is 5.56 Å². The molecule has 2 rings (SSSR count). The van der Waals surface area contributed by atoms with Gasteiger partial charge in [0.05, 0.1) is 11.9 Å². The van der Waals surface area contributed by atoms with Gasteiger partial charge >= 0.3 is 0 Å². The lowest BCUT2D eigenvalue weighted by molar-refractivity contribution is 0.337. The van der Waals surface area contributed by atoms with Crippen LogP contribution >= 0.6 is 11.6 Å². The number of hydrogen-bond acceptors (Lipinski definition) is 3. The first kappa shape index (κ1) is 13.1. The first-order valence-corrected chi connectivity index (χ1v) is 6.25. The number of rotatable bonds is 5. The Morgan fingerprint density at radius 3 is 2.72 bits per heavy atom. The summed E-state index contributed by atoms with van der Waals surface area (Å²) >= 11 is 5.89. The standard InChI is InChI=1S/C13H17ClN4/c1-18(7-6-15)9-11-8-16-17-13(11)10-2-4-12(14)5-3-10/h2-5,8H,6-7,9,15H2,1H3,(H,16,17). The van der Waals surface area contributed by atoms with Crippen molar-refractivity contribution in [2.45, 2.75) is 6.54 Å². The highest BCUT2D eigenvalue weighted by atomic mass is 35.5. The second kappa shape index (κ2) is 6.00. The number of halogens is 1. The van der Waals surface area contributed by atoms with Crippen molar-refractivity contribution < 1.29 is 0 Å². The molecule has 0 bridgehead atoms. The van der Waals surface area contributed by atoms with Crippen molar-refractivity contribution >= 4 is 11.6 Å². The zero-order chi connectivity index (χ0) is 13.0. The second-order valence-electron chi connectivity index (χ2n) is 4.30. The maximum absolute atomic E-state index is 5.89. The lowest BCUT2D eigenvalue weighted by atomic mass is 10.1. The molecule has 1 aromatic carbocycles. The van der Waals surface area contributed by atoms with Crippen LogP contribution in [0.5, 0.6) is 0 Å². The van der Waals surface area contributed by atoms with Crippen LogP contribution in [0, 0.1) is 0 Å². The topological polar surface area (TPSA) is 57.9 Å². The molecule has 1 heterocycles. The van der Waals surface area contributed by atoms with E-state index >= 15 is 0 Å². The van der Waals surface area contributed by atoms with Crippen LogP contribution in [0.25, 0.3) is 11.3 Å². The average molecular weight is 265 g/mol. The van der Waals surface area contributed by atoms with Crippen molar-refractivity contribution in [1.82, 2.24) is 15.1 Å². The monoisotopic (exact) mass is 264 g/mol. The van der Waals surface area contributed by atoms with Gasteiger partial charge in [-0.2, -0.15) is 5.10 Å². The van der Waals surface area contributed by atoms with E-state index in [-0.39, 0.29) is 0 Å². The smallest absolute Gasteiger partial charge is 0.0695 e. The van der Waals surface area contributed by atoms with Crippen LogP contribution in [0.15, 0.2) is 30.5 Å². The number of likely N-dealkylation sites (N-methyl/N-ethyl adjacent to an activating group) is 1. The van der Waals surface area contributed by atoms with Crippen molar-refractivity contribution in [3.63, 3.8) is 0 Å². The number of nitrogens with zero attached hydrogens (tertiary/aromatic N) is 2. The van der Waals surface area contributed by atoms with E-state index in [0.717, 1.165) is 34.9 Å². The van der Waals surface area contributed by atoms with Crippen molar-refractivity contribution in [2.75, 3.05) is 20.1 Å². The van der Waals surface area contributed by atoms with Gasteiger partial charge < -0.3 is 10.6 Å². The average Bonchev–Trinajstić information content (AvgIpc) is 2.78. The predicted molar refractivity (Wildman–Crippen MR) is 74.4 cm³/mol. The predicted octanol–water partition coefficient (Wildman–Crippen LogP) is 2.12. The van der Waals surface area contributed by atoms with Crippen molar-refractivity contribution in [3.8, 4) is 11.3 Å². The Hall–Kier alpha value is -1.36. The fourth-order valence-corrected chi connectivity index (χ4v) is 2.01. The number of nitrogens with two attached hydrogens (primary N) is 1. The van der Waals surface area contributed by atoms with Crippen LogP contribution in [0.2, 0.25) is 5.02 Å². The van der Waals surface area contributed by atoms with E-state index in [1.807, 2.05) is 37.5 Å². The highest BCUT2D eigenvalue weighted by Gasteiger charge is 2.09. The van der Waals surface area contributed by atoms with Gasteiger partial charge in [-0.1, -0.05) is 23.7 Å². The fraction of sp³-hybridized carbons (Fsp3) is 0.308. The second-order valence-corrected chi connectivity index (χ2v) is 4.74. The van der Waals surface area contributed by atoms with E-state index in [0.29, 0.717) is 6.54 Å². The highest BCUT2D eigenvalue weighted by molar-refractivity contribution is 6.30. The molecule has 0 unspecified atom stereocenters. The SMILES string of the molecule is CN(CCN)Cc1cn[nH]c1-c1ccc(Cl)cc1. The number of hydrogen-bond donors (Lipinski definition) is 2. The minimum Gasteiger partial charge on any atom is -0.329 e. The molecule has 2 aromatic rings. The molecule has 0 radical (unpaired) electrons. The summed E-state index contributed by atoms with van der Waals surface area (Å²) in [5.41, 5.74) is 8.83. The van der Waals surface area contributed by atoms with E-state index in [2.05, 4.69) is 15.1 Å². The van der Waals surface area contributed by atoms with Crippen LogP contribution < -0.4 is 5.73 Å². The molecule has 0 saturated heterocycles. The molecule has 0 atom stereocenters. The summed E-state index contributed by atoms with van der Waals surface area (Å²) in [6, 6.07) is 7.74. The lowest BCUT2D eigenvalue weighted by Gasteiger charge is -2.15. The number of aromatic nitrogens is 2. The van der Waals surface area contributed by atoms with Crippen LogP contribution in [-0.2, 0) is 6.54 Å². The Morgan fingerprint density at radius 1 is 1.33 bits per heavy atom. The van der Waals surface area contributed by atoms with Gasteiger partial charge in [0.2, 0.25) is 0 Å². The molecular weight excluding hydrogens is 248 g/mol. The molecule has 18 heavy (non-hydrogen) atoms. The number of H-pyrrole nitrogens is 1. The van der Waals surface area contributed by atoms with Gasteiger partial charge in [-0.3, -0.25) is 5.10 Å². The van der Waals surface area contributed by atoms with E-state index in [4.69, 9.17) is 17.3 Å². The molecule has 5 heteroatoms. The largest absolute Gasteiger partial charge is 0.329 e. The van der Waals surface area contributed by atoms with E-state index in [1.165, 1.54) is 0 Å². The van der Waals surface area contributed by atoms with Crippen LogP contribution in [0.4, 0.5) is 0 Å². The number of nitrogens with one attached hydrogen (secondary N) is 1. The normalized spacial score (nSPS) is 11.1. The first-order valence-electron chi connectivity index (χ1n) is 5.87. The fourth-order valence-electron chi connectivity index (χ4n) is 1.89. The first-order chi connectivity index (χ1) is 8.70. The zero-order valence-electron chi connectivity index (χ0n) is 10.4. The lowest BCUT2D eigenvalue weighted by Crippen LogP contribution is -2.25. The maximum atomic E-state index is 5.89. The Balaban J connectivity index is 2.19. The Kier molecular flexibility index (Phi) is 4.36. The van der Waals surface area contributed by atoms with Crippen molar-refractivity contribution in [2.24, 2.45) is 5.73 Å². The summed E-state index contributed by atoms with van der Waals surface area (Å²) in [5, 5.41) is 7.89. The molecular formula is C13H17ClN4. The molecule has 0 amide bonds. The Bertz CT molecular complexity index is 492. The van der Waals surface area contributed by atoms with Gasteiger partial charge in [-0.25, -0.2) is 0 Å². The summed E-state index contributed by atoms with van der Waals surface area (Å²) in [6.45, 7) is 2.35. The third-order valence-corrected chi connectivity index (χ3v) is 3.05. The van der Waals surface area contributed by atoms with Gasteiger partial charge in [0.25, 0.3) is 0 Å². The molecule has 0 saturated carbocycles. The minimum absolute atomic E-state index is 0.657. The minimum atomic E-state index is 0.657. The number of aromatic amines is 1. The van der Waals surface area contributed by atoms with E-state index in [9.17, 15) is 0 Å². The van der Waals surface area contributed by atoms with Crippen molar-refractivity contribution in [3.05, 3.63) is 41.0 Å². The summed E-state index contributed by atoms with van der Waals surface area (Å²) < 4.78 is 0. The summed E-state index contributed by atoms with van der Waals surface area (Å²) in [4.78, 5) is 2.17. The number of benzene rings is 1. The highest BCUT2D eigenvalue weighted by Crippen LogP contribution is 2.23. The molecule has 0 aliphatic rings. The van der Waals surface area contributed by atoms with Gasteiger partial charge in [-0.15, -0.1) is 0 Å². The summed E-state index contributed by atoms with van der Waals surface area (Å²) in [7, 11) is 2.05. The molecule has 4 nitrogen and oxygen atoms in total. The third-order valence-electron chi connectivity index (χ3n) is 2.80. The summed E-state index contributed by atoms with van der Waals surface area (Å²) in [6.07, 6.45) is 1.86. The molecule has 96 valence electrons. The molecule has 0 aliphatic carbocycles. The van der Waals surface area contributed by atoms with Crippen LogP contribution in [0.3, 0.4) is 0 Å². The Labute approximate surface area is 112 Å².